The summed E-state index contributed by atoms with van der Waals surface area (Å²) < 4.78 is 5.42. The van der Waals surface area contributed by atoms with Crippen molar-refractivity contribution in [3.63, 3.8) is 0 Å². The molecule has 2 N–H and O–H groups in total. The fourth-order valence-corrected chi connectivity index (χ4v) is 1.44. The largest absolute Gasteiger partial charge is 0.437 e. The highest BCUT2D eigenvalue weighted by Gasteiger charge is 2.04. The van der Waals surface area contributed by atoms with E-state index in [-0.39, 0.29) is 18.6 Å². The predicted octanol–water partition coefficient (Wildman–Crippen LogP) is 1.34. The number of carbonyl (C=O) groups excluding carboxylic acids is 1. The number of hydrogen-bond acceptors (Lipinski definition) is 4. The number of nitrogens with zero attached hydrogens (tertiary/aromatic N) is 1. The van der Waals surface area contributed by atoms with Gasteiger partial charge in [-0.1, -0.05) is 12.1 Å². The minimum atomic E-state index is -0.293. The van der Waals surface area contributed by atoms with Gasteiger partial charge in [0.15, 0.2) is 5.58 Å². The van der Waals surface area contributed by atoms with Crippen LogP contribution in [0.25, 0.3) is 17.2 Å². The molecule has 0 fully saturated rings. The molecule has 0 bridgehead atoms. The van der Waals surface area contributed by atoms with Crippen LogP contribution in [0.5, 0.6) is 0 Å². The Morgan fingerprint density at radius 1 is 1.56 bits per heavy atom. The van der Waals surface area contributed by atoms with Crippen molar-refractivity contribution in [2.75, 3.05) is 6.61 Å². The lowest BCUT2D eigenvalue weighted by molar-refractivity contribution is -0.117. The number of aliphatic hydroxyl groups is 1. The molecule has 0 aliphatic carbocycles. The lowest BCUT2D eigenvalue weighted by Crippen LogP contribution is -2.33. The van der Waals surface area contributed by atoms with Crippen LogP contribution in [-0.2, 0) is 4.79 Å². The van der Waals surface area contributed by atoms with Gasteiger partial charge in [0, 0.05) is 18.2 Å². The van der Waals surface area contributed by atoms with E-state index < -0.39 is 0 Å². The van der Waals surface area contributed by atoms with Crippen LogP contribution in [-0.4, -0.2) is 28.6 Å². The van der Waals surface area contributed by atoms with Gasteiger partial charge in [0.05, 0.1) is 6.61 Å². The lowest BCUT2D eigenvalue weighted by atomic mass is 10.3. The van der Waals surface area contributed by atoms with Crippen LogP contribution in [0.15, 0.2) is 34.8 Å². The van der Waals surface area contributed by atoms with Crippen molar-refractivity contribution in [2.45, 2.75) is 13.0 Å². The Morgan fingerprint density at radius 3 is 3.06 bits per heavy atom. The molecule has 18 heavy (non-hydrogen) atoms. The maximum absolute atomic E-state index is 11.4. The second kappa shape index (κ2) is 5.46. The van der Waals surface area contributed by atoms with E-state index in [4.69, 9.17) is 9.52 Å². The summed E-state index contributed by atoms with van der Waals surface area (Å²) in [6, 6.07) is 7.10. The first-order valence-corrected chi connectivity index (χ1v) is 5.64. The molecule has 94 valence electrons. The molecule has 2 rings (SSSR count). The monoisotopic (exact) mass is 246 g/mol. The summed E-state index contributed by atoms with van der Waals surface area (Å²) in [6.07, 6.45) is 2.83. The van der Waals surface area contributed by atoms with E-state index in [2.05, 4.69) is 10.3 Å². The van der Waals surface area contributed by atoms with Gasteiger partial charge in [-0.05, 0) is 19.1 Å². The number of amides is 1. The van der Waals surface area contributed by atoms with Crippen molar-refractivity contribution in [1.82, 2.24) is 10.3 Å². The van der Waals surface area contributed by atoms with Crippen LogP contribution >= 0.6 is 0 Å². The average Bonchev–Trinajstić information content (AvgIpc) is 2.79. The summed E-state index contributed by atoms with van der Waals surface area (Å²) >= 11 is 0. The van der Waals surface area contributed by atoms with Crippen LogP contribution < -0.4 is 5.32 Å². The summed E-state index contributed by atoms with van der Waals surface area (Å²) in [5.41, 5.74) is 1.43. The van der Waals surface area contributed by atoms with E-state index in [0.29, 0.717) is 11.5 Å². The Bertz CT molecular complexity index is 541. The van der Waals surface area contributed by atoms with Gasteiger partial charge in [-0.2, -0.15) is 0 Å². The van der Waals surface area contributed by atoms with Crippen LogP contribution in [0.2, 0.25) is 0 Å². The molecule has 1 unspecified atom stereocenters. The van der Waals surface area contributed by atoms with Crippen molar-refractivity contribution in [2.24, 2.45) is 0 Å². The smallest absolute Gasteiger partial charge is 0.244 e. The predicted molar refractivity (Wildman–Crippen MR) is 67.7 cm³/mol. The Balaban J connectivity index is 2.06. The number of aliphatic hydroxyl groups excluding tert-OH is 1. The van der Waals surface area contributed by atoms with Gasteiger partial charge in [0.2, 0.25) is 11.8 Å². The molecular weight excluding hydrogens is 232 g/mol. The fourth-order valence-electron chi connectivity index (χ4n) is 1.44. The third-order valence-corrected chi connectivity index (χ3v) is 2.35. The topological polar surface area (TPSA) is 75.4 Å². The lowest BCUT2D eigenvalue weighted by Gasteiger charge is -2.07. The molecule has 2 aromatic rings. The van der Waals surface area contributed by atoms with Crippen molar-refractivity contribution in [3.8, 4) is 0 Å². The quantitative estimate of drug-likeness (QED) is 0.798. The molecule has 5 heteroatoms. The van der Waals surface area contributed by atoms with Crippen LogP contribution in [0.4, 0.5) is 0 Å². The third-order valence-electron chi connectivity index (χ3n) is 2.35. The van der Waals surface area contributed by atoms with Crippen molar-refractivity contribution >= 4 is 23.1 Å². The number of carbonyl (C=O) groups is 1. The highest BCUT2D eigenvalue weighted by Crippen LogP contribution is 2.15. The fraction of sp³-hybridized carbons (Fsp3) is 0.231. The number of fused-ring (bicyclic) bond motifs is 1. The Morgan fingerprint density at radius 2 is 2.33 bits per heavy atom. The van der Waals surface area contributed by atoms with E-state index in [9.17, 15) is 4.79 Å². The average molecular weight is 246 g/mol. The van der Waals surface area contributed by atoms with E-state index >= 15 is 0 Å². The summed E-state index contributed by atoms with van der Waals surface area (Å²) in [4.78, 5) is 15.6. The zero-order valence-corrected chi connectivity index (χ0v) is 9.96. The second-order valence-corrected chi connectivity index (χ2v) is 3.95. The molecule has 0 spiro atoms. The molecule has 0 aliphatic rings. The molecule has 0 saturated carbocycles. The normalized spacial score (nSPS) is 13.0. The highest BCUT2D eigenvalue weighted by atomic mass is 16.3. The van der Waals surface area contributed by atoms with Gasteiger partial charge >= 0.3 is 0 Å². The SMILES string of the molecule is CC(CO)NC(=O)/C=C/c1nc2ccccc2o1. The van der Waals surface area contributed by atoms with Crippen LogP contribution in [0.3, 0.4) is 0 Å². The summed E-state index contributed by atoms with van der Waals surface area (Å²) in [5.74, 6) is 0.0850. The van der Waals surface area contributed by atoms with Gasteiger partial charge in [0.25, 0.3) is 0 Å². The maximum Gasteiger partial charge on any atom is 0.244 e. The second-order valence-electron chi connectivity index (χ2n) is 3.95. The van der Waals surface area contributed by atoms with Gasteiger partial charge in [-0.15, -0.1) is 0 Å². The van der Waals surface area contributed by atoms with Crippen LogP contribution in [0, 0.1) is 0 Å². The molecule has 1 amide bonds. The van der Waals surface area contributed by atoms with E-state index in [1.54, 1.807) is 6.92 Å². The third kappa shape index (κ3) is 2.95. The van der Waals surface area contributed by atoms with E-state index in [1.807, 2.05) is 24.3 Å². The minimum absolute atomic E-state index is 0.0948. The molecule has 1 heterocycles. The Hall–Kier alpha value is -2.14. The molecule has 0 saturated heterocycles. The van der Waals surface area contributed by atoms with E-state index in [1.165, 1.54) is 12.2 Å². The summed E-state index contributed by atoms with van der Waals surface area (Å²) in [7, 11) is 0. The van der Waals surface area contributed by atoms with Crippen molar-refractivity contribution in [3.05, 3.63) is 36.2 Å². The molecule has 5 nitrogen and oxygen atoms in total. The van der Waals surface area contributed by atoms with Gasteiger partial charge in [-0.3, -0.25) is 4.79 Å². The standard InChI is InChI=1S/C13H14N2O3/c1-9(8-16)14-12(17)6-7-13-15-10-4-2-3-5-11(10)18-13/h2-7,9,16H,8H2,1H3,(H,14,17)/b7-6+. The molecule has 1 aromatic heterocycles. The molecule has 1 atom stereocenters. The first-order valence-electron chi connectivity index (χ1n) is 5.64. The minimum Gasteiger partial charge on any atom is -0.437 e. The number of nitrogens with one attached hydrogen (secondary N) is 1. The first-order chi connectivity index (χ1) is 8.69. The summed E-state index contributed by atoms with van der Waals surface area (Å²) in [5, 5.41) is 11.4. The number of hydrogen-bond donors (Lipinski definition) is 2. The number of benzene rings is 1. The summed E-state index contributed by atoms with van der Waals surface area (Å²) in [6.45, 7) is 1.62. The molecule has 1 aromatic carbocycles. The zero-order valence-electron chi connectivity index (χ0n) is 9.96. The number of para-hydroxylation sites is 2. The number of rotatable bonds is 4. The van der Waals surface area contributed by atoms with Gasteiger partial charge < -0.3 is 14.8 Å². The number of oxazole rings is 1. The molecule has 0 aliphatic heterocycles. The highest BCUT2D eigenvalue weighted by molar-refractivity contribution is 5.91. The first kappa shape index (κ1) is 12.3. The zero-order chi connectivity index (χ0) is 13.0. The number of aromatic nitrogens is 1. The van der Waals surface area contributed by atoms with Crippen molar-refractivity contribution < 1.29 is 14.3 Å². The Kier molecular flexibility index (Phi) is 3.74. The van der Waals surface area contributed by atoms with Crippen molar-refractivity contribution in [1.29, 1.82) is 0 Å². The maximum atomic E-state index is 11.4. The Labute approximate surface area is 104 Å². The van der Waals surface area contributed by atoms with E-state index in [0.717, 1.165) is 5.52 Å². The molecule has 0 radical (unpaired) electrons. The van der Waals surface area contributed by atoms with Crippen LogP contribution in [0.1, 0.15) is 12.8 Å². The molecular formula is C13H14N2O3. The van der Waals surface area contributed by atoms with Gasteiger partial charge in [-0.25, -0.2) is 4.98 Å². The van der Waals surface area contributed by atoms with Gasteiger partial charge in [0.1, 0.15) is 5.52 Å².